The maximum Gasteiger partial charge on any atom is 0.222 e. The molecule has 0 aliphatic heterocycles. The molecule has 0 radical (unpaired) electrons. The summed E-state index contributed by atoms with van der Waals surface area (Å²) in [5.74, 6) is 0.401. The Kier molecular flexibility index (Phi) is 3.13. The largest absolute Gasteiger partial charge is 0.497 e. The van der Waals surface area contributed by atoms with E-state index >= 15 is 0 Å². The zero-order valence-corrected chi connectivity index (χ0v) is 10.8. The van der Waals surface area contributed by atoms with E-state index in [-0.39, 0.29) is 16.4 Å². The summed E-state index contributed by atoms with van der Waals surface area (Å²) in [4.78, 5) is 11.9. The van der Waals surface area contributed by atoms with Gasteiger partial charge in [-0.05, 0) is 18.2 Å². The van der Waals surface area contributed by atoms with Crippen LogP contribution in [0.25, 0.3) is 11.0 Å². The fourth-order valence-electron chi connectivity index (χ4n) is 1.54. The van der Waals surface area contributed by atoms with Gasteiger partial charge in [0.1, 0.15) is 11.3 Å². The van der Waals surface area contributed by atoms with E-state index in [1.165, 1.54) is 26.2 Å². The predicted molar refractivity (Wildman–Crippen MR) is 66.8 cm³/mol. The standard InChI is InChI=1S/C12H12O5S/c1-3-18(14,15)12-7-10(13)9-6-8(16-2)4-5-11(9)17-12/h4-7H,3H2,1-2H3. The Morgan fingerprint density at radius 1 is 1.28 bits per heavy atom. The number of hydrogen-bond donors (Lipinski definition) is 0. The number of ether oxygens (including phenoxy) is 1. The third-order valence-corrected chi connectivity index (χ3v) is 4.17. The molecular weight excluding hydrogens is 256 g/mol. The van der Waals surface area contributed by atoms with Crippen LogP contribution in [0.3, 0.4) is 0 Å². The van der Waals surface area contributed by atoms with Gasteiger partial charge >= 0.3 is 0 Å². The minimum atomic E-state index is -3.53. The number of rotatable bonds is 3. The molecule has 0 saturated carbocycles. The molecule has 0 unspecified atom stereocenters. The van der Waals surface area contributed by atoms with Crippen LogP contribution in [-0.4, -0.2) is 21.3 Å². The van der Waals surface area contributed by atoms with Gasteiger partial charge in [0.15, 0.2) is 5.43 Å². The van der Waals surface area contributed by atoms with E-state index in [4.69, 9.17) is 9.15 Å². The van der Waals surface area contributed by atoms with Gasteiger partial charge in [-0.1, -0.05) is 6.92 Å². The van der Waals surface area contributed by atoms with E-state index in [1.54, 1.807) is 6.07 Å². The summed E-state index contributed by atoms with van der Waals surface area (Å²) in [6.45, 7) is 1.49. The average Bonchev–Trinajstić information content (AvgIpc) is 2.38. The van der Waals surface area contributed by atoms with Crippen molar-refractivity contribution in [2.75, 3.05) is 12.9 Å². The van der Waals surface area contributed by atoms with Gasteiger partial charge in [0.05, 0.1) is 18.2 Å². The lowest BCUT2D eigenvalue weighted by molar-refractivity contribution is 0.414. The van der Waals surface area contributed by atoms with Gasteiger partial charge in [-0.2, -0.15) is 0 Å². The first-order valence-corrected chi connectivity index (χ1v) is 6.98. The lowest BCUT2D eigenvalue weighted by atomic mass is 10.2. The zero-order valence-electron chi connectivity index (χ0n) is 9.97. The Balaban J connectivity index is 2.76. The topological polar surface area (TPSA) is 73.6 Å². The molecule has 0 amide bonds. The molecule has 2 rings (SSSR count). The Morgan fingerprint density at radius 2 is 2.00 bits per heavy atom. The predicted octanol–water partition coefficient (Wildman–Crippen LogP) is 1.60. The third kappa shape index (κ3) is 2.11. The zero-order chi connectivity index (χ0) is 13.3. The molecule has 0 aliphatic rings. The van der Waals surface area contributed by atoms with Crippen LogP contribution in [0.15, 0.2) is 38.6 Å². The Labute approximate surface area is 104 Å². The number of fused-ring (bicyclic) bond motifs is 1. The first-order chi connectivity index (χ1) is 8.47. The first kappa shape index (κ1) is 12.6. The van der Waals surface area contributed by atoms with Crippen LogP contribution in [-0.2, 0) is 9.84 Å². The number of methoxy groups -OCH3 is 1. The van der Waals surface area contributed by atoms with Gasteiger partial charge in [0.2, 0.25) is 14.9 Å². The Hall–Kier alpha value is -1.82. The fraction of sp³-hybridized carbons (Fsp3) is 0.250. The number of benzene rings is 1. The molecule has 1 heterocycles. The van der Waals surface area contributed by atoms with Crippen molar-refractivity contribution in [3.05, 3.63) is 34.5 Å². The van der Waals surface area contributed by atoms with Gasteiger partial charge in [-0.15, -0.1) is 0 Å². The molecule has 1 aromatic carbocycles. The van der Waals surface area contributed by atoms with E-state index in [0.717, 1.165) is 6.07 Å². The highest BCUT2D eigenvalue weighted by Gasteiger charge is 2.17. The maximum atomic E-state index is 11.9. The van der Waals surface area contributed by atoms with Crippen LogP contribution < -0.4 is 10.2 Å². The molecule has 0 N–H and O–H groups in total. The molecule has 96 valence electrons. The molecule has 2 aromatic rings. The highest BCUT2D eigenvalue weighted by atomic mass is 32.2. The molecule has 5 nitrogen and oxygen atoms in total. The van der Waals surface area contributed by atoms with Crippen molar-refractivity contribution >= 4 is 20.8 Å². The molecule has 0 bridgehead atoms. The summed E-state index contributed by atoms with van der Waals surface area (Å²) < 4.78 is 33.6. The number of hydrogen-bond acceptors (Lipinski definition) is 5. The van der Waals surface area contributed by atoms with Gasteiger partial charge in [0.25, 0.3) is 0 Å². The first-order valence-electron chi connectivity index (χ1n) is 5.32. The molecule has 6 heteroatoms. The second kappa shape index (κ2) is 4.45. The second-order valence-corrected chi connectivity index (χ2v) is 5.90. The summed E-state index contributed by atoms with van der Waals surface area (Å²) in [5, 5.41) is -0.00271. The lowest BCUT2D eigenvalue weighted by Crippen LogP contribution is -2.09. The van der Waals surface area contributed by atoms with Gasteiger partial charge in [-0.25, -0.2) is 8.42 Å². The SMILES string of the molecule is CCS(=O)(=O)c1cc(=O)c2cc(OC)ccc2o1. The minimum absolute atomic E-state index is 0.113. The number of sulfone groups is 1. The summed E-state index contributed by atoms with van der Waals surface area (Å²) in [6, 6.07) is 5.64. The van der Waals surface area contributed by atoms with Crippen LogP contribution >= 0.6 is 0 Å². The van der Waals surface area contributed by atoms with Crippen LogP contribution in [0.4, 0.5) is 0 Å². The maximum absolute atomic E-state index is 11.9. The molecule has 0 atom stereocenters. The fourth-order valence-corrected chi connectivity index (χ4v) is 2.32. The van der Waals surface area contributed by atoms with E-state index in [9.17, 15) is 13.2 Å². The van der Waals surface area contributed by atoms with E-state index < -0.39 is 15.3 Å². The van der Waals surface area contributed by atoms with Crippen molar-refractivity contribution in [3.63, 3.8) is 0 Å². The van der Waals surface area contributed by atoms with Crippen LogP contribution in [0, 0.1) is 0 Å². The molecule has 0 fully saturated rings. The Morgan fingerprint density at radius 3 is 2.61 bits per heavy atom. The van der Waals surface area contributed by atoms with Crippen molar-refractivity contribution in [1.82, 2.24) is 0 Å². The molecule has 0 aliphatic carbocycles. The molecule has 0 saturated heterocycles. The molecule has 18 heavy (non-hydrogen) atoms. The molecular formula is C12H12O5S. The van der Waals surface area contributed by atoms with Crippen molar-refractivity contribution in [3.8, 4) is 5.75 Å². The molecule has 0 spiro atoms. The summed E-state index contributed by atoms with van der Waals surface area (Å²) in [7, 11) is -2.04. The van der Waals surface area contributed by atoms with Gasteiger partial charge in [0, 0.05) is 6.07 Å². The highest BCUT2D eigenvalue weighted by Crippen LogP contribution is 2.21. The minimum Gasteiger partial charge on any atom is -0.497 e. The monoisotopic (exact) mass is 268 g/mol. The normalized spacial score (nSPS) is 11.7. The van der Waals surface area contributed by atoms with E-state index in [2.05, 4.69) is 0 Å². The van der Waals surface area contributed by atoms with Crippen molar-refractivity contribution in [1.29, 1.82) is 0 Å². The summed E-state index contributed by atoms with van der Waals surface area (Å²) in [6.07, 6.45) is 0. The quantitative estimate of drug-likeness (QED) is 0.845. The van der Waals surface area contributed by atoms with Crippen LogP contribution in [0.1, 0.15) is 6.92 Å². The van der Waals surface area contributed by atoms with Crippen molar-refractivity contribution in [2.45, 2.75) is 12.0 Å². The highest BCUT2D eigenvalue weighted by molar-refractivity contribution is 7.91. The third-order valence-electron chi connectivity index (χ3n) is 2.60. The summed E-state index contributed by atoms with van der Waals surface area (Å²) in [5.41, 5.74) is -0.169. The summed E-state index contributed by atoms with van der Waals surface area (Å²) >= 11 is 0. The second-order valence-electron chi connectivity index (χ2n) is 3.70. The lowest BCUT2D eigenvalue weighted by Gasteiger charge is -2.04. The average molecular weight is 268 g/mol. The van der Waals surface area contributed by atoms with Crippen molar-refractivity contribution in [2.24, 2.45) is 0 Å². The van der Waals surface area contributed by atoms with E-state index in [1.807, 2.05) is 0 Å². The molecule has 1 aromatic heterocycles. The van der Waals surface area contributed by atoms with Crippen LogP contribution in [0.5, 0.6) is 5.75 Å². The van der Waals surface area contributed by atoms with Crippen LogP contribution in [0.2, 0.25) is 0 Å². The Bertz CT molecular complexity index is 743. The van der Waals surface area contributed by atoms with E-state index in [0.29, 0.717) is 11.1 Å². The van der Waals surface area contributed by atoms with Crippen molar-refractivity contribution < 1.29 is 17.6 Å². The van der Waals surface area contributed by atoms with Gasteiger partial charge < -0.3 is 9.15 Å². The smallest absolute Gasteiger partial charge is 0.222 e. The van der Waals surface area contributed by atoms with Gasteiger partial charge in [-0.3, -0.25) is 4.79 Å².